The second kappa shape index (κ2) is 5.85. The van der Waals surface area contributed by atoms with Crippen LogP contribution in [0.15, 0.2) is 0 Å². The molecule has 5 aliphatic rings. The lowest BCUT2D eigenvalue weighted by Crippen LogP contribution is -2.61. The van der Waals surface area contributed by atoms with E-state index in [1.807, 2.05) is 0 Å². The summed E-state index contributed by atoms with van der Waals surface area (Å²) in [5, 5.41) is 11.5. The van der Waals surface area contributed by atoms with Crippen molar-refractivity contribution in [3.05, 3.63) is 0 Å². The van der Waals surface area contributed by atoms with E-state index >= 15 is 0 Å². The van der Waals surface area contributed by atoms with Gasteiger partial charge in [0.1, 0.15) is 17.3 Å². The summed E-state index contributed by atoms with van der Waals surface area (Å²) in [7, 11) is 0. The molecule has 1 N–H and O–H groups in total. The number of carbonyl (C=O) groups is 2. The van der Waals surface area contributed by atoms with E-state index in [4.69, 9.17) is 9.47 Å². The lowest BCUT2D eigenvalue weighted by atomic mass is 9.44. The van der Waals surface area contributed by atoms with Crippen LogP contribution in [0.5, 0.6) is 0 Å². The summed E-state index contributed by atoms with van der Waals surface area (Å²) in [5.74, 6) is 1.18. The summed E-state index contributed by atoms with van der Waals surface area (Å²) < 4.78 is 12.0. The predicted octanol–water partition coefficient (Wildman–Crippen LogP) is 3.66. The van der Waals surface area contributed by atoms with Crippen LogP contribution in [0.4, 0.5) is 0 Å². The van der Waals surface area contributed by atoms with E-state index in [1.165, 1.54) is 6.92 Å². The van der Waals surface area contributed by atoms with Gasteiger partial charge in [0.25, 0.3) is 0 Å². The number of fused-ring (bicyclic) bond motifs is 4. The molecule has 1 saturated heterocycles. The molecule has 162 valence electrons. The molecular weight excluding hydrogens is 368 g/mol. The van der Waals surface area contributed by atoms with Gasteiger partial charge in [-0.3, -0.25) is 9.59 Å². The first-order valence-electron chi connectivity index (χ1n) is 11.6. The molecule has 0 bridgehead atoms. The second-order valence-electron chi connectivity index (χ2n) is 11.4. The van der Waals surface area contributed by atoms with Crippen LogP contribution in [-0.2, 0) is 19.1 Å². The van der Waals surface area contributed by atoms with Gasteiger partial charge in [-0.05, 0) is 69.1 Å². The van der Waals surface area contributed by atoms with Crippen molar-refractivity contribution < 1.29 is 24.2 Å². The molecule has 1 heterocycles. The molecule has 10 atom stereocenters. The quantitative estimate of drug-likeness (QED) is 0.561. The highest BCUT2D eigenvalue weighted by atomic mass is 16.6. The van der Waals surface area contributed by atoms with Gasteiger partial charge in [-0.15, -0.1) is 0 Å². The SMILES string of the molecule is CC(=O)O[C@@H]1CC[C@]2(C)[C@@H]3CC[C@]4(C)[C@@H](C[C@@H](C)[C@]4(O)C(C)=O)[C@@H]3C[C@@H]3O[C@@]32C1. The van der Waals surface area contributed by atoms with Crippen molar-refractivity contribution in [1.29, 1.82) is 0 Å². The molecule has 5 rings (SSSR count). The fourth-order valence-electron chi connectivity index (χ4n) is 9.07. The van der Waals surface area contributed by atoms with Crippen molar-refractivity contribution in [3.8, 4) is 0 Å². The number of aliphatic hydroxyl groups is 1. The van der Waals surface area contributed by atoms with E-state index in [0.717, 1.165) is 44.9 Å². The number of hydrogen-bond acceptors (Lipinski definition) is 5. The fraction of sp³-hybridized carbons (Fsp3) is 0.917. The standard InChI is InChI=1S/C24H36O5/c1-13-10-19-17-11-20-23(29-20)12-16(28-15(3)26)6-8-21(23,4)18(17)7-9-22(19,5)24(13,27)14(2)25/h13,16-20,27H,6-12H2,1-5H3/t13-,16-,17-,18-,19+,20+,21-,22-,23+,24+/m1/s1. The van der Waals surface area contributed by atoms with Crippen LogP contribution in [-0.4, -0.2) is 40.3 Å². The van der Waals surface area contributed by atoms with Gasteiger partial charge in [0.2, 0.25) is 0 Å². The van der Waals surface area contributed by atoms with E-state index in [2.05, 4.69) is 20.8 Å². The highest BCUT2D eigenvalue weighted by Crippen LogP contribution is 2.75. The number of ketones is 1. The lowest BCUT2D eigenvalue weighted by Gasteiger charge is -2.60. The van der Waals surface area contributed by atoms with Crippen molar-refractivity contribution in [3.63, 3.8) is 0 Å². The van der Waals surface area contributed by atoms with E-state index in [1.54, 1.807) is 6.92 Å². The first kappa shape index (κ1) is 20.0. The highest BCUT2D eigenvalue weighted by molar-refractivity contribution is 5.86. The van der Waals surface area contributed by atoms with Gasteiger partial charge in [0.05, 0.1) is 6.10 Å². The molecule has 1 aliphatic heterocycles. The Morgan fingerprint density at radius 3 is 2.38 bits per heavy atom. The summed E-state index contributed by atoms with van der Waals surface area (Å²) >= 11 is 0. The maximum Gasteiger partial charge on any atom is 0.302 e. The molecule has 5 fully saturated rings. The minimum absolute atomic E-state index is 0.00747. The van der Waals surface area contributed by atoms with Crippen molar-refractivity contribution in [2.75, 3.05) is 0 Å². The zero-order valence-electron chi connectivity index (χ0n) is 18.5. The van der Waals surface area contributed by atoms with Crippen LogP contribution in [0.1, 0.15) is 79.6 Å². The van der Waals surface area contributed by atoms with Crippen molar-refractivity contribution in [2.24, 2.45) is 34.5 Å². The number of epoxide rings is 1. The lowest BCUT2D eigenvalue weighted by molar-refractivity contribution is -0.174. The Bertz CT molecular complexity index is 764. The second-order valence-corrected chi connectivity index (χ2v) is 11.4. The van der Waals surface area contributed by atoms with Gasteiger partial charge in [-0.25, -0.2) is 0 Å². The molecule has 5 heteroatoms. The highest BCUT2D eigenvalue weighted by Gasteiger charge is 2.78. The van der Waals surface area contributed by atoms with Crippen molar-refractivity contribution >= 4 is 11.8 Å². The molecule has 5 nitrogen and oxygen atoms in total. The summed E-state index contributed by atoms with van der Waals surface area (Å²) in [4.78, 5) is 24.1. The Morgan fingerprint density at radius 1 is 1.03 bits per heavy atom. The van der Waals surface area contributed by atoms with Gasteiger partial charge in [-0.1, -0.05) is 20.8 Å². The molecule has 0 unspecified atom stereocenters. The number of esters is 1. The third-order valence-electron chi connectivity index (χ3n) is 10.5. The van der Waals surface area contributed by atoms with Crippen LogP contribution in [0.3, 0.4) is 0 Å². The summed E-state index contributed by atoms with van der Waals surface area (Å²) in [5.41, 5.74) is -1.57. The Kier molecular flexibility index (Phi) is 4.03. The summed E-state index contributed by atoms with van der Waals surface area (Å²) in [6.45, 7) is 9.71. The molecule has 0 aromatic heterocycles. The topological polar surface area (TPSA) is 76.1 Å². The molecular formula is C24H36O5. The van der Waals surface area contributed by atoms with Gasteiger partial charge in [0, 0.05) is 24.2 Å². The molecule has 0 aromatic rings. The molecule has 1 spiro atoms. The average molecular weight is 405 g/mol. The van der Waals surface area contributed by atoms with Gasteiger partial charge < -0.3 is 14.6 Å². The first-order chi connectivity index (χ1) is 13.5. The van der Waals surface area contributed by atoms with Gasteiger partial charge >= 0.3 is 5.97 Å². The smallest absolute Gasteiger partial charge is 0.302 e. The number of rotatable bonds is 2. The number of carbonyl (C=O) groups excluding carboxylic acids is 2. The van der Waals surface area contributed by atoms with Crippen LogP contribution in [0.25, 0.3) is 0 Å². The maximum atomic E-state index is 12.6. The molecule has 0 radical (unpaired) electrons. The first-order valence-corrected chi connectivity index (χ1v) is 11.6. The van der Waals surface area contributed by atoms with Crippen molar-refractivity contribution in [2.45, 2.75) is 103 Å². The maximum absolute atomic E-state index is 12.6. The van der Waals surface area contributed by atoms with E-state index in [-0.39, 0.29) is 46.3 Å². The van der Waals surface area contributed by atoms with E-state index in [9.17, 15) is 14.7 Å². The number of ether oxygens (including phenoxy) is 2. The summed E-state index contributed by atoms with van der Waals surface area (Å²) in [6, 6.07) is 0. The normalized spacial score (nSPS) is 57.7. The molecule has 4 saturated carbocycles. The zero-order chi connectivity index (χ0) is 21.0. The van der Waals surface area contributed by atoms with Gasteiger partial charge in [-0.2, -0.15) is 0 Å². The zero-order valence-corrected chi connectivity index (χ0v) is 18.5. The molecule has 0 aromatic carbocycles. The largest absolute Gasteiger partial charge is 0.462 e. The average Bonchev–Trinajstić information content (AvgIpc) is 3.29. The minimum atomic E-state index is -1.20. The van der Waals surface area contributed by atoms with Gasteiger partial charge in [0.15, 0.2) is 5.78 Å². The number of hydrogen-bond donors (Lipinski definition) is 1. The third kappa shape index (κ3) is 2.24. The monoisotopic (exact) mass is 404 g/mol. The minimum Gasteiger partial charge on any atom is -0.462 e. The van der Waals surface area contributed by atoms with Crippen LogP contribution < -0.4 is 0 Å². The Labute approximate surface area is 173 Å². The molecule has 0 amide bonds. The Morgan fingerprint density at radius 2 is 1.72 bits per heavy atom. The number of Topliss-reactive ketones (excluding diaryl/α,β-unsaturated/α-hetero) is 1. The van der Waals surface area contributed by atoms with E-state index < -0.39 is 5.60 Å². The Hall–Kier alpha value is -0.940. The summed E-state index contributed by atoms with van der Waals surface area (Å²) in [6.07, 6.45) is 6.88. The van der Waals surface area contributed by atoms with E-state index in [0.29, 0.717) is 17.8 Å². The van der Waals surface area contributed by atoms with Crippen molar-refractivity contribution in [1.82, 2.24) is 0 Å². The van der Waals surface area contributed by atoms with Crippen LogP contribution >= 0.6 is 0 Å². The predicted molar refractivity (Wildman–Crippen MR) is 107 cm³/mol. The Balaban J connectivity index is 1.46. The molecule has 29 heavy (non-hydrogen) atoms. The molecule has 4 aliphatic carbocycles. The fourth-order valence-corrected chi connectivity index (χ4v) is 9.07. The van der Waals surface area contributed by atoms with Crippen LogP contribution in [0.2, 0.25) is 0 Å². The third-order valence-corrected chi connectivity index (χ3v) is 10.5. The van der Waals surface area contributed by atoms with Crippen LogP contribution in [0, 0.1) is 34.5 Å².